The summed E-state index contributed by atoms with van der Waals surface area (Å²) < 4.78 is 7.27. The number of fused-ring (bicyclic) bond motifs is 1. The van der Waals surface area contributed by atoms with E-state index in [1.165, 1.54) is 0 Å². The van der Waals surface area contributed by atoms with Crippen LogP contribution in [0.15, 0.2) is 67.3 Å². The first kappa shape index (κ1) is 19.2. The van der Waals surface area contributed by atoms with Crippen LogP contribution in [0.2, 0.25) is 0 Å². The summed E-state index contributed by atoms with van der Waals surface area (Å²) >= 11 is 0. The number of aromatic nitrogens is 4. The predicted molar refractivity (Wildman–Crippen MR) is 118 cm³/mol. The van der Waals surface area contributed by atoms with Gasteiger partial charge in [-0.15, -0.1) is 0 Å². The lowest BCUT2D eigenvalue weighted by molar-refractivity contribution is 0.0533. The number of hydrogen-bond acceptors (Lipinski definition) is 6. The van der Waals surface area contributed by atoms with Gasteiger partial charge in [-0.05, 0) is 19.1 Å². The lowest BCUT2D eigenvalue weighted by atomic mass is 10.2. The molecule has 0 saturated carbocycles. The zero-order valence-electron chi connectivity index (χ0n) is 17.1. The lowest BCUT2D eigenvalue weighted by Gasteiger charge is -2.33. The Morgan fingerprint density at radius 2 is 2.03 bits per heavy atom. The molecule has 1 atom stereocenters. The Morgan fingerprint density at radius 3 is 2.87 bits per heavy atom. The van der Waals surface area contributed by atoms with Gasteiger partial charge in [-0.1, -0.05) is 30.3 Å². The quantitative estimate of drug-likeness (QED) is 0.552. The summed E-state index contributed by atoms with van der Waals surface area (Å²) in [6.07, 6.45) is 6.97. The van der Waals surface area contributed by atoms with Crippen molar-refractivity contribution in [1.82, 2.24) is 19.6 Å². The molecule has 1 saturated heterocycles. The maximum Gasteiger partial charge on any atom is 0.259 e. The van der Waals surface area contributed by atoms with Crippen molar-refractivity contribution in [2.45, 2.75) is 13.0 Å². The van der Waals surface area contributed by atoms with Crippen molar-refractivity contribution in [3.05, 3.63) is 72.8 Å². The van der Waals surface area contributed by atoms with E-state index in [0.717, 1.165) is 30.0 Å². The number of anilines is 2. The zero-order valence-corrected chi connectivity index (χ0v) is 17.1. The van der Waals surface area contributed by atoms with Crippen LogP contribution in [0.4, 0.5) is 11.4 Å². The van der Waals surface area contributed by atoms with E-state index in [1.807, 2.05) is 49.5 Å². The van der Waals surface area contributed by atoms with Crippen LogP contribution in [-0.2, 0) is 4.74 Å². The van der Waals surface area contributed by atoms with E-state index in [9.17, 15) is 4.79 Å². The second-order valence-corrected chi connectivity index (χ2v) is 7.48. The summed E-state index contributed by atoms with van der Waals surface area (Å²) in [7, 11) is 0. The van der Waals surface area contributed by atoms with Crippen molar-refractivity contribution in [2.75, 3.05) is 29.9 Å². The van der Waals surface area contributed by atoms with E-state index in [4.69, 9.17) is 4.74 Å². The number of pyridine rings is 1. The van der Waals surface area contributed by atoms with E-state index in [1.54, 1.807) is 29.2 Å². The van der Waals surface area contributed by atoms with E-state index >= 15 is 0 Å². The molecule has 8 heteroatoms. The maximum atomic E-state index is 13.2. The molecule has 1 aliphatic rings. The molecule has 0 aliphatic carbocycles. The molecule has 4 heterocycles. The number of hydrogen-bond donors (Lipinski definition) is 1. The van der Waals surface area contributed by atoms with Crippen LogP contribution >= 0.6 is 0 Å². The summed E-state index contributed by atoms with van der Waals surface area (Å²) in [4.78, 5) is 24.3. The largest absolute Gasteiger partial charge is 0.375 e. The fourth-order valence-corrected chi connectivity index (χ4v) is 3.81. The highest BCUT2D eigenvalue weighted by molar-refractivity contribution is 6.09. The van der Waals surface area contributed by atoms with Gasteiger partial charge in [0.2, 0.25) is 0 Å². The Hall–Kier alpha value is -3.78. The minimum absolute atomic E-state index is 0.131. The molecule has 0 unspecified atom stereocenters. The van der Waals surface area contributed by atoms with Crippen molar-refractivity contribution >= 4 is 22.9 Å². The molecule has 4 aromatic rings. The number of carbonyl (C=O) groups excluding carboxylic acids is 1. The molecule has 8 nitrogen and oxygen atoms in total. The van der Waals surface area contributed by atoms with Crippen LogP contribution in [0.5, 0.6) is 0 Å². The maximum absolute atomic E-state index is 13.2. The third-order valence-electron chi connectivity index (χ3n) is 5.30. The topological polar surface area (TPSA) is 84.7 Å². The van der Waals surface area contributed by atoms with Crippen molar-refractivity contribution in [1.29, 1.82) is 0 Å². The van der Waals surface area contributed by atoms with Gasteiger partial charge >= 0.3 is 0 Å². The standard InChI is InChI=1S/C23H22N6O2/c1-16-14-28(11-12-31-16)21-8-9-24-13-19(21)27-23(30)18-7-10-25-29-15-20(26-22(18)29)17-5-3-2-4-6-17/h2-10,13,15-16H,11-12,14H2,1H3,(H,27,30)/t16-/m0/s1. The number of amides is 1. The molecule has 1 amide bonds. The molecule has 0 bridgehead atoms. The SMILES string of the molecule is C[C@H]1CN(c2ccncc2NC(=O)c2ccnn3cc(-c4ccccc4)nc23)CCO1. The lowest BCUT2D eigenvalue weighted by Crippen LogP contribution is -2.41. The van der Waals surface area contributed by atoms with Crippen LogP contribution in [0.1, 0.15) is 17.3 Å². The fourth-order valence-electron chi connectivity index (χ4n) is 3.81. The van der Waals surface area contributed by atoms with Crippen LogP contribution in [-0.4, -0.2) is 51.3 Å². The summed E-state index contributed by atoms with van der Waals surface area (Å²) in [5.74, 6) is -0.256. The van der Waals surface area contributed by atoms with Crippen LogP contribution in [0, 0.1) is 0 Å². The van der Waals surface area contributed by atoms with Crippen molar-refractivity contribution in [3.63, 3.8) is 0 Å². The van der Waals surface area contributed by atoms with Gasteiger partial charge in [0.1, 0.15) is 0 Å². The Labute approximate surface area is 179 Å². The van der Waals surface area contributed by atoms with Gasteiger partial charge in [0.15, 0.2) is 5.65 Å². The Balaban J connectivity index is 1.46. The summed E-state index contributed by atoms with van der Waals surface area (Å²) in [6.45, 7) is 4.21. The van der Waals surface area contributed by atoms with E-state index < -0.39 is 0 Å². The van der Waals surface area contributed by atoms with Gasteiger partial charge in [0.05, 0.1) is 47.7 Å². The number of ether oxygens (including phenoxy) is 1. The van der Waals surface area contributed by atoms with Crippen molar-refractivity contribution in [2.24, 2.45) is 0 Å². The first-order valence-corrected chi connectivity index (χ1v) is 10.2. The molecule has 3 aromatic heterocycles. The van der Waals surface area contributed by atoms with E-state index in [-0.39, 0.29) is 12.0 Å². The first-order chi connectivity index (χ1) is 15.2. The van der Waals surface area contributed by atoms with Gasteiger partial charge in [0, 0.05) is 31.0 Å². The number of rotatable bonds is 4. The molecular weight excluding hydrogens is 392 g/mol. The third-order valence-corrected chi connectivity index (χ3v) is 5.30. The molecule has 156 valence electrons. The molecule has 1 aromatic carbocycles. The van der Waals surface area contributed by atoms with Crippen LogP contribution < -0.4 is 10.2 Å². The summed E-state index contributed by atoms with van der Waals surface area (Å²) in [5.41, 5.74) is 4.27. The van der Waals surface area contributed by atoms with Crippen LogP contribution in [0.25, 0.3) is 16.9 Å². The average molecular weight is 414 g/mol. The highest BCUT2D eigenvalue weighted by Gasteiger charge is 2.21. The second-order valence-electron chi connectivity index (χ2n) is 7.48. The van der Waals surface area contributed by atoms with Gasteiger partial charge in [-0.2, -0.15) is 5.10 Å². The average Bonchev–Trinajstić information content (AvgIpc) is 3.24. The fraction of sp³-hybridized carbons (Fsp3) is 0.217. The number of carbonyl (C=O) groups is 1. The van der Waals surface area contributed by atoms with Gasteiger partial charge in [0.25, 0.3) is 5.91 Å². The zero-order chi connectivity index (χ0) is 21.2. The van der Waals surface area contributed by atoms with Gasteiger partial charge in [-0.3, -0.25) is 9.78 Å². The third kappa shape index (κ3) is 3.85. The van der Waals surface area contributed by atoms with Gasteiger partial charge in [-0.25, -0.2) is 9.50 Å². The Bertz CT molecular complexity index is 1220. The normalized spacial score (nSPS) is 16.4. The smallest absolute Gasteiger partial charge is 0.259 e. The molecule has 31 heavy (non-hydrogen) atoms. The number of nitrogens with one attached hydrogen (secondary N) is 1. The monoisotopic (exact) mass is 414 g/mol. The first-order valence-electron chi connectivity index (χ1n) is 10.2. The van der Waals surface area contributed by atoms with Gasteiger partial charge < -0.3 is 15.0 Å². The van der Waals surface area contributed by atoms with Crippen molar-refractivity contribution < 1.29 is 9.53 Å². The number of nitrogens with zero attached hydrogens (tertiary/aromatic N) is 5. The number of benzene rings is 1. The van der Waals surface area contributed by atoms with E-state index in [0.29, 0.717) is 23.5 Å². The molecule has 1 N–H and O–H groups in total. The van der Waals surface area contributed by atoms with E-state index in [2.05, 4.69) is 25.3 Å². The molecule has 0 radical (unpaired) electrons. The highest BCUT2D eigenvalue weighted by atomic mass is 16.5. The minimum atomic E-state index is -0.256. The molecule has 0 spiro atoms. The molecular formula is C23H22N6O2. The van der Waals surface area contributed by atoms with Crippen LogP contribution in [0.3, 0.4) is 0 Å². The number of imidazole rings is 1. The highest BCUT2D eigenvalue weighted by Crippen LogP contribution is 2.27. The summed E-state index contributed by atoms with van der Waals surface area (Å²) in [6, 6.07) is 13.4. The van der Waals surface area contributed by atoms with Crippen molar-refractivity contribution in [3.8, 4) is 11.3 Å². The Morgan fingerprint density at radius 1 is 1.16 bits per heavy atom. The number of morpholine rings is 1. The molecule has 1 aliphatic heterocycles. The Kier molecular flexibility index (Phi) is 5.05. The second kappa shape index (κ2) is 8.16. The summed E-state index contributed by atoms with van der Waals surface area (Å²) in [5, 5.41) is 7.33. The minimum Gasteiger partial charge on any atom is -0.375 e. The molecule has 1 fully saturated rings. The molecule has 5 rings (SSSR count). The predicted octanol–water partition coefficient (Wildman–Crippen LogP) is 3.27.